The summed E-state index contributed by atoms with van der Waals surface area (Å²) < 4.78 is 11.8. The average molecular weight is 529 g/mol. The van der Waals surface area contributed by atoms with E-state index in [-0.39, 0.29) is 12.7 Å². The molecule has 0 spiro atoms. The number of carboxylic acid groups (broad SMARTS) is 1. The molecule has 5 aromatic rings. The van der Waals surface area contributed by atoms with Gasteiger partial charge in [0, 0.05) is 60.4 Å². The van der Waals surface area contributed by atoms with Gasteiger partial charge >= 0.3 is 6.09 Å². The maximum atomic E-state index is 11.3. The van der Waals surface area contributed by atoms with Crippen LogP contribution >= 0.6 is 0 Å². The van der Waals surface area contributed by atoms with Crippen molar-refractivity contribution in [1.29, 1.82) is 0 Å². The number of rotatable bonds is 7. The molecule has 13 heteroatoms. The number of anilines is 2. The molecule has 4 heterocycles. The van der Waals surface area contributed by atoms with Crippen molar-refractivity contribution >= 4 is 28.6 Å². The molecule has 1 aliphatic heterocycles. The highest BCUT2D eigenvalue weighted by Crippen LogP contribution is 2.36. The number of aromatic nitrogens is 6. The Morgan fingerprint density at radius 1 is 1.18 bits per heavy atom. The topological polar surface area (TPSA) is 175 Å². The van der Waals surface area contributed by atoms with Gasteiger partial charge in [0.2, 0.25) is 5.95 Å². The number of carbonyl (C=O) groups is 1. The van der Waals surface area contributed by atoms with Crippen molar-refractivity contribution in [3.8, 4) is 28.3 Å². The lowest BCUT2D eigenvalue weighted by Gasteiger charge is -2.30. The van der Waals surface area contributed by atoms with Gasteiger partial charge in [0.05, 0.1) is 18.3 Å². The minimum absolute atomic E-state index is 0.195. The Balaban J connectivity index is 1.32. The highest BCUT2D eigenvalue weighted by Gasteiger charge is 2.25. The van der Waals surface area contributed by atoms with Crippen molar-refractivity contribution in [3.05, 3.63) is 60.9 Å². The first-order valence-electron chi connectivity index (χ1n) is 12.3. The van der Waals surface area contributed by atoms with Crippen LogP contribution in [0.25, 0.3) is 33.5 Å². The van der Waals surface area contributed by atoms with Crippen LogP contribution in [0.1, 0.15) is 18.5 Å². The van der Waals surface area contributed by atoms with Gasteiger partial charge in [-0.2, -0.15) is 15.4 Å². The van der Waals surface area contributed by atoms with Gasteiger partial charge in [-0.25, -0.2) is 19.7 Å². The van der Waals surface area contributed by atoms with Crippen LogP contribution in [0.5, 0.6) is 5.75 Å². The number of hydrogen-bond acceptors (Lipinski definition) is 10. The van der Waals surface area contributed by atoms with E-state index in [4.69, 9.17) is 14.1 Å². The molecule has 2 aromatic carbocycles. The Hall–Kier alpha value is -5.04. The van der Waals surface area contributed by atoms with Gasteiger partial charge in [-0.15, -0.1) is 0 Å². The van der Waals surface area contributed by atoms with Crippen LogP contribution in [0.3, 0.4) is 0 Å². The number of nitrogens with one attached hydrogen (secondary N) is 2. The maximum Gasteiger partial charge on any atom is 0.407 e. The van der Waals surface area contributed by atoms with E-state index in [1.165, 1.54) is 11.3 Å². The van der Waals surface area contributed by atoms with Crippen LogP contribution in [-0.4, -0.2) is 70.8 Å². The fourth-order valence-electron chi connectivity index (χ4n) is 4.56. The number of aromatic amines is 1. The number of likely N-dealkylation sites (tertiary alicyclic amines) is 1. The summed E-state index contributed by atoms with van der Waals surface area (Å²) >= 11 is 0. The molecule has 0 bridgehead atoms. The van der Waals surface area contributed by atoms with Crippen molar-refractivity contribution in [2.45, 2.75) is 25.6 Å². The molecular weight excluding hydrogens is 504 g/mol. The van der Waals surface area contributed by atoms with E-state index in [1.54, 1.807) is 12.4 Å². The van der Waals surface area contributed by atoms with E-state index in [1.807, 2.05) is 36.4 Å². The fraction of sp³-hybridized carbons (Fsp3) is 0.231. The van der Waals surface area contributed by atoms with E-state index in [2.05, 4.69) is 30.7 Å². The smallest absolute Gasteiger partial charge is 0.407 e. The SMILES string of the molecule is O=C(O)N1CCC(Oc2cc3nc(Nc4cccc(-c5cnco5)c4)ncc3cc2-c2n[nH]nc2CO)CC1. The molecule has 6 rings (SSSR count). The number of ether oxygens (including phenoxy) is 1. The van der Waals surface area contributed by atoms with E-state index >= 15 is 0 Å². The molecule has 0 saturated carbocycles. The van der Waals surface area contributed by atoms with Crippen LogP contribution in [0, 0.1) is 0 Å². The highest BCUT2D eigenvalue weighted by atomic mass is 16.5. The minimum Gasteiger partial charge on any atom is -0.490 e. The third-order valence-corrected chi connectivity index (χ3v) is 6.55. The maximum absolute atomic E-state index is 11.3. The van der Waals surface area contributed by atoms with Gasteiger partial charge in [-0.3, -0.25) is 0 Å². The third kappa shape index (κ3) is 5.07. The monoisotopic (exact) mass is 528 g/mol. The molecule has 4 N–H and O–H groups in total. The Kier molecular flexibility index (Phi) is 6.47. The number of hydrogen-bond donors (Lipinski definition) is 4. The average Bonchev–Trinajstić information content (AvgIpc) is 3.66. The quantitative estimate of drug-likeness (QED) is 0.241. The summed E-state index contributed by atoms with van der Waals surface area (Å²) in [6.07, 6.45) is 4.70. The van der Waals surface area contributed by atoms with Crippen molar-refractivity contribution in [1.82, 2.24) is 35.3 Å². The van der Waals surface area contributed by atoms with Crippen molar-refractivity contribution < 1.29 is 24.2 Å². The van der Waals surface area contributed by atoms with Crippen molar-refractivity contribution in [3.63, 3.8) is 0 Å². The molecule has 0 unspecified atom stereocenters. The normalized spacial score (nSPS) is 14.0. The number of aliphatic hydroxyl groups is 1. The number of H-pyrrole nitrogens is 1. The minimum atomic E-state index is -0.932. The first kappa shape index (κ1) is 24.3. The molecule has 198 valence electrons. The number of piperidine rings is 1. The summed E-state index contributed by atoms with van der Waals surface area (Å²) in [6.45, 7) is 0.475. The van der Waals surface area contributed by atoms with Gasteiger partial charge in [-0.05, 0) is 18.2 Å². The Labute approximate surface area is 221 Å². The molecule has 0 radical (unpaired) electrons. The number of benzene rings is 2. The van der Waals surface area contributed by atoms with Gasteiger partial charge in [0.15, 0.2) is 12.2 Å². The van der Waals surface area contributed by atoms with Crippen LogP contribution < -0.4 is 10.1 Å². The molecule has 0 aliphatic carbocycles. The lowest BCUT2D eigenvalue weighted by molar-refractivity contribution is 0.0898. The van der Waals surface area contributed by atoms with Crippen LogP contribution in [0.4, 0.5) is 16.4 Å². The molecular formula is C26H24N8O5. The second kappa shape index (κ2) is 10.4. The molecule has 39 heavy (non-hydrogen) atoms. The zero-order chi connectivity index (χ0) is 26.8. The lowest BCUT2D eigenvalue weighted by Crippen LogP contribution is -2.41. The Morgan fingerprint density at radius 3 is 2.82 bits per heavy atom. The van der Waals surface area contributed by atoms with Gasteiger partial charge in [-0.1, -0.05) is 12.1 Å². The van der Waals surface area contributed by atoms with E-state index in [0.29, 0.717) is 65.9 Å². The highest BCUT2D eigenvalue weighted by molar-refractivity contribution is 5.88. The first-order chi connectivity index (χ1) is 19.1. The zero-order valence-electron chi connectivity index (χ0n) is 20.6. The summed E-state index contributed by atoms with van der Waals surface area (Å²) in [6, 6.07) is 11.3. The van der Waals surface area contributed by atoms with Crippen molar-refractivity contribution in [2.24, 2.45) is 0 Å². The molecule has 1 amide bonds. The predicted molar refractivity (Wildman–Crippen MR) is 139 cm³/mol. The number of fused-ring (bicyclic) bond motifs is 1. The molecule has 3 aromatic heterocycles. The van der Waals surface area contributed by atoms with Gasteiger partial charge in [0.25, 0.3) is 0 Å². The van der Waals surface area contributed by atoms with Crippen LogP contribution in [-0.2, 0) is 6.61 Å². The first-order valence-corrected chi connectivity index (χ1v) is 12.3. The second-order valence-corrected chi connectivity index (χ2v) is 9.04. The fourth-order valence-corrected chi connectivity index (χ4v) is 4.56. The van der Waals surface area contributed by atoms with Crippen LogP contribution in [0.15, 0.2) is 59.6 Å². The van der Waals surface area contributed by atoms with E-state index in [9.17, 15) is 15.0 Å². The Bertz CT molecular complexity index is 1610. The third-order valence-electron chi connectivity index (χ3n) is 6.55. The summed E-state index contributed by atoms with van der Waals surface area (Å²) in [7, 11) is 0. The summed E-state index contributed by atoms with van der Waals surface area (Å²) in [4.78, 5) is 25.8. The standard InChI is InChI=1S/C26H24N8O5/c35-13-21-24(32-33-31-21)19-9-16-11-28-25(29-17-3-1-2-15(8-17)23-12-27-14-38-23)30-20(16)10-22(19)39-18-4-6-34(7-5-18)26(36)37/h1-3,8-12,14,18,35H,4-7,13H2,(H,36,37)(H,28,29,30)(H,31,32,33). The van der Waals surface area contributed by atoms with E-state index in [0.717, 1.165) is 16.6 Å². The summed E-state index contributed by atoms with van der Waals surface area (Å²) in [5.74, 6) is 1.55. The summed E-state index contributed by atoms with van der Waals surface area (Å²) in [5.41, 5.74) is 3.74. The lowest BCUT2D eigenvalue weighted by atomic mass is 10.0. The van der Waals surface area contributed by atoms with Gasteiger partial charge < -0.3 is 29.6 Å². The van der Waals surface area contributed by atoms with Crippen LogP contribution in [0.2, 0.25) is 0 Å². The zero-order valence-corrected chi connectivity index (χ0v) is 20.6. The van der Waals surface area contributed by atoms with Gasteiger partial charge in [0.1, 0.15) is 23.2 Å². The number of aliphatic hydroxyl groups excluding tert-OH is 1. The number of nitrogens with zero attached hydrogens (tertiary/aromatic N) is 6. The second-order valence-electron chi connectivity index (χ2n) is 9.04. The predicted octanol–water partition coefficient (Wildman–Crippen LogP) is 3.83. The number of amides is 1. The molecule has 1 fully saturated rings. The summed E-state index contributed by atoms with van der Waals surface area (Å²) in [5, 5.41) is 33.8. The molecule has 1 saturated heterocycles. The van der Waals surface area contributed by atoms with E-state index < -0.39 is 6.09 Å². The molecule has 13 nitrogen and oxygen atoms in total. The largest absolute Gasteiger partial charge is 0.490 e. The molecule has 1 aliphatic rings. The number of oxazole rings is 1. The Morgan fingerprint density at radius 2 is 2.05 bits per heavy atom. The molecule has 0 atom stereocenters. The van der Waals surface area contributed by atoms with Crippen molar-refractivity contribution in [2.75, 3.05) is 18.4 Å².